The summed E-state index contributed by atoms with van der Waals surface area (Å²) in [5, 5.41) is 14.2. The Hall–Kier alpha value is -1.30. The van der Waals surface area contributed by atoms with Crippen molar-refractivity contribution in [2.24, 2.45) is 16.8 Å². The number of nitrogens with two attached hydrogens (primary N) is 1. The predicted octanol–water partition coefficient (Wildman–Crippen LogP) is 0.444. The summed E-state index contributed by atoms with van der Waals surface area (Å²) in [6, 6.07) is 0. The summed E-state index contributed by atoms with van der Waals surface area (Å²) < 4.78 is 5.45. The summed E-state index contributed by atoms with van der Waals surface area (Å²) in [4.78, 5) is 11.7. The van der Waals surface area contributed by atoms with Crippen molar-refractivity contribution in [2.75, 3.05) is 13.2 Å². The first-order valence-corrected chi connectivity index (χ1v) is 6.05. The summed E-state index contributed by atoms with van der Waals surface area (Å²) in [5.74, 6) is -0.785. The van der Waals surface area contributed by atoms with Gasteiger partial charge in [0, 0.05) is 13.2 Å². The monoisotopic (exact) mass is 243 g/mol. The quantitative estimate of drug-likeness (QED) is 0.273. The van der Waals surface area contributed by atoms with Crippen molar-refractivity contribution in [3.8, 4) is 0 Å². The number of hydrogen-bond acceptors (Lipinski definition) is 4. The molecule has 1 aliphatic heterocycles. The molecule has 0 bridgehead atoms. The second-order valence-electron chi connectivity index (χ2n) is 4.20. The molecule has 4 N–H and O–H groups in total. The van der Waals surface area contributed by atoms with E-state index in [-0.39, 0.29) is 17.8 Å². The largest absolute Gasteiger partial charge is 0.409 e. The van der Waals surface area contributed by atoms with Crippen LogP contribution in [0, 0.1) is 5.92 Å². The molecule has 2 unspecified atom stereocenters. The molecule has 6 heteroatoms. The van der Waals surface area contributed by atoms with Crippen LogP contribution in [0.2, 0.25) is 0 Å². The number of carbonyl (C=O) groups excluding carboxylic acids is 1. The lowest BCUT2D eigenvalue weighted by Gasteiger charge is -2.14. The summed E-state index contributed by atoms with van der Waals surface area (Å²) in [5.41, 5.74) is 5.44. The molecule has 0 radical (unpaired) electrons. The van der Waals surface area contributed by atoms with Crippen molar-refractivity contribution in [1.29, 1.82) is 0 Å². The number of hydrogen-bond donors (Lipinski definition) is 3. The fraction of sp³-hybridized carbons (Fsp3) is 0.818. The van der Waals surface area contributed by atoms with Crippen molar-refractivity contribution in [3.63, 3.8) is 0 Å². The van der Waals surface area contributed by atoms with E-state index in [2.05, 4.69) is 10.5 Å². The van der Waals surface area contributed by atoms with E-state index in [1.54, 1.807) is 0 Å². The van der Waals surface area contributed by atoms with Crippen LogP contribution in [-0.4, -0.2) is 36.2 Å². The second-order valence-corrected chi connectivity index (χ2v) is 4.20. The van der Waals surface area contributed by atoms with E-state index in [1.807, 2.05) is 6.92 Å². The summed E-state index contributed by atoms with van der Waals surface area (Å²) >= 11 is 0. The van der Waals surface area contributed by atoms with Gasteiger partial charge in [-0.3, -0.25) is 4.79 Å². The first kappa shape index (κ1) is 13.8. The average Bonchev–Trinajstić information content (AvgIpc) is 2.82. The third-order valence-corrected chi connectivity index (χ3v) is 2.99. The van der Waals surface area contributed by atoms with Crippen LogP contribution >= 0.6 is 0 Å². The highest BCUT2D eigenvalue weighted by atomic mass is 16.5. The van der Waals surface area contributed by atoms with E-state index in [0.717, 1.165) is 25.9 Å². The smallest absolute Gasteiger partial charge is 0.230 e. The molecule has 0 spiro atoms. The van der Waals surface area contributed by atoms with Gasteiger partial charge >= 0.3 is 0 Å². The van der Waals surface area contributed by atoms with Crippen molar-refractivity contribution in [2.45, 2.75) is 38.7 Å². The van der Waals surface area contributed by atoms with Gasteiger partial charge in [-0.15, -0.1) is 0 Å². The zero-order chi connectivity index (χ0) is 12.7. The SMILES string of the molecule is CCC(C(=O)NCCC1CCCO1)C(N)=NO. The molecule has 0 aromatic heterocycles. The van der Waals surface area contributed by atoms with Crippen molar-refractivity contribution in [1.82, 2.24) is 5.32 Å². The Morgan fingerprint density at radius 2 is 2.47 bits per heavy atom. The number of oxime groups is 1. The minimum Gasteiger partial charge on any atom is -0.409 e. The van der Waals surface area contributed by atoms with E-state index >= 15 is 0 Å². The van der Waals surface area contributed by atoms with E-state index in [0.29, 0.717) is 13.0 Å². The van der Waals surface area contributed by atoms with E-state index in [9.17, 15) is 4.79 Å². The van der Waals surface area contributed by atoms with Crippen LogP contribution in [0.5, 0.6) is 0 Å². The van der Waals surface area contributed by atoms with Crippen molar-refractivity contribution in [3.05, 3.63) is 0 Å². The molecule has 1 saturated heterocycles. The van der Waals surface area contributed by atoms with Gasteiger partial charge in [-0.25, -0.2) is 0 Å². The first-order valence-electron chi connectivity index (χ1n) is 6.05. The molecule has 1 heterocycles. The molecule has 1 rings (SSSR count). The van der Waals surface area contributed by atoms with Crippen molar-refractivity contribution < 1.29 is 14.7 Å². The van der Waals surface area contributed by atoms with Gasteiger partial charge in [0.1, 0.15) is 0 Å². The summed E-state index contributed by atoms with van der Waals surface area (Å²) in [6.07, 6.45) is 3.76. The molecular weight excluding hydrogens is 222 g/mol. The average molecular weight is 243 g/mol. The van der Waals surface area contributed by atoms with Gasteiger partial charge < -0.3 is 21.0 Å². The van der Waals surface area contributed by atoms with Gasteiger partial charge in [0.2, 0.25) is 5.91 Å². The van der Waals surface area contributed by atoms with Gasteiger partial charge in [-0.2, -0.15) is 0 Å². The lowest BCUT2D eigenvalue weighted by Crippen LogP contribution is -2.39. The molecule has 0 saturated carbocycles. The fourth-order valence-corrected chi connectivity index (χ4v) is 1.95. The Kier molecular flexibility index (Phi) is 5.76. The summed E-state index contributed by atoms with van der Waals surface area (Å²) in [7, 11) is 0. The topological polar surface area (TPSA) is 96.9 Å². The minimum absolute atomic E-state index is 0.0397. The first-order chi connectivity index (χ1) is 8.19. The third kappa shape index (κ3) is 4.22. The zero-order valence-corrected chi connectivity index (χ0v) is 10.2. The van der Waals surface area contributed by atoms with Gasteiger partial charge in [0.25, 0.3) is 0 Å². The molecule has 17 heavy (non-hydrogen) atoms. The highest BCUT2D eigenvalue weighted by Crippen LogP contribution is 2.14. The van der Waals surface area contributed by atoms with Crippen LogP contribution in [0.3, 0.4) is 0 Å². The van der Waals surface area contributed by atoms with E-state index in [4.69, 9.17) is 15.7 Å². The minimum atomic E-state index is -0.551. The van der Waals surface area contributed by atoms with Crippen LogP contribution < -0.4 is 11.1 Å². The van der Waals surface area contributed by atoms with E-state index < -0.39 is 5.92 Å². The Morgan fingerprint density at radius 1 is 1.71 bits per heavy atom. The molecule has 2 atom stereocenters. The van der Waals surface area contributed by atoms with Gasteiger partial charge in [0.15, 0.2) is 5.84 Å². The Labute approximate surface area is 101 Å². The third-order valence-electron chi connectivity index (χ3n) is 2.99. The molecule has 1 amide bonds. The normalized spacial score (nSPS) is 22.4. The maximum absolute atomic E-state index is 11.7. The lowest BCUT2D eigenvalue weighted by molar-refractivity contribution is -0.123. The predicted molar refractivity (Wildman–Crippen MR) is 63.8 cm³/mol. The molecule has 0 aliphatic carbocycles. The molecule has 1 aliphatic rings. The van der Waals surface area contributed by atoms with Crippen LogP contribution in [0.4, 0.5) is 0 Å². The van der Waals surface area contributed by atoms with Crippen molar-refractivity contribution >= 4 is 11.7 Å². The number of carbonyl (C=O) groups is 1. The van der Waals surface area contributed by atoms with Crippen LogP contribution in [0.1, 0.15) is 32.6 Å². The van der Waals surface area contributed by atoms with Crippen LogP contribution in [0.15, 0.2) is 5.16 Å². The standard InChI is InChI=1S/C11H21N3O3/c1-2-9(10(12)14-16)11(15)13-6-5-8-4-3-7-17-8/h8-9,16H,2-7H2,1H3,(H2,12,14)(H,13,15). The highest BCUT2D eigenvalue weighted by molar-refractivity contribution is 6.01. The maximum Gasteiger partial charge on any atom is 0.230 e. The second kappa shape index (κ2) is 7.11. The number of nitrogens with one attached hydrogen (secondary N) is 1. The maximum atomic E-state index is 11.7. The molecule has 0 aromatic rings. The molecule has 98 valence electrons. The number of rotatable bonds is 6. The Morgan fingerprint density at radius 3 is 3.00 bits per heavy atom. The Balaban J connectivity index is 2.27. The van der Waals surface area contributed by atoms with E-state index in [1.165, 1.54) is 0 Å². The molecule has 0 aromatic carbocycles. The van der Waals surface area contributed by atoms with Gasteiger partial charge in [-0.05, 0) is 25.7 Å². The number of amidine groups is 1. The molecule has 6 nitrogen and oxygen atoms in total. The van der Waals surface area contributed by atoms with Gasteiger partial charge in [0.05, 0.1) is 12.0 Å². The number of amides is 1. The van der Waals surface area contributed by atoms with Crippen LogP contribution in [-0.2, 0) is 9.53 Å². The van der Waals surface area contributed by atoms with Gasteiger partial charge in [-0.1, -0.05) is 12.1 Å². The molecular formula is C11H21N3O3. The zero-order valence-electron chi connectivity index (χ0n) is 10.2. The fourth-order valence-electron chi connectivity index (χ4n) is 1.95. The number of nitrogens with zero attached hydrogens (tertiary/aromatic N) is 1. The highest BCUT2D eigenvalue weighted by Gasteiger charge is 2.21. The molecule has 1 fully saturated rings. The Bertz CT molecular complexity index is 275. The number of ether oxygens (including phenoxy) is 1. The van der Waals surface area contributed by atoms with Crippen LogP contribution in [0.25, 0.3) is 0 Å². The summed E-state index contributed by atoms with van der Waals surface area (Å²) in [6.45, 7) is 3.21. The lowest BCUT2D eigenvalue weighted by atomic mass is 10.0.